The van der Waals surface area contributed by atoms with Gasteiger partial charge in [-0.3, -0.25) is 0 Å². The molecule has 1 aliphatic heterocycles. The van der Waals surface area contributed by atoms with E-state index in [1.54, 1.807) is 12.2 Å². The fourth-order valence-corrected chi connectivity index (χ4v) is 0.342. The maximum absolute atomic E-state index is 10.2. The van der Waals surface area contributed by atoms with E-state index in [1.165, 1.54) is 12.5 Å². The van der Waals surface area contributed by atoms with Crippen LogP contribution in [0.15, 0.2) is 24.7 Å². The van der Waals surface area contributed by atoms with Crippen molar-refractivity contribution < 1.29 is 14.6 Å². The maximum Gasteiger partial charge on any atom is 0.387 e. The van der Waals surface area contributed by atoms with E-state index in [-0.39, 0.29) is 0 Å². The molecule has 0 atom stereocenters. The topological polar surface area (TPSA) is 38.4 Å². The van der Waals surface area contributed by atoms with Gasteiger partial charge >= 0.3 is 6.48 Å². The van der Waals surface area contributed by atoms with E-state index < -0.39 is 6.48 Å². The molecule has 0 spiro atoms. The minimum Gasteiger partial charge on any atom is -0.439 e. The average molecular weight is 113 g/mol. The van der Waals surface area contributed by atoms with Crippen molar-refractivity contribution >= 4 is 0 Å². The lowest BCUT2D eigenvalue weighted by molar-refractivity contribution is -0.242. The summed E-state index contributed by atoms with van der Waals surface area (Å²) in [5.74, 6) is 0. The molecule has 43 valence electrons. The van der Waals surface area contributed by atoms with Crippen LogP contribution in [0.2, 0.25) is 0 Å². The summed E-state index contributed by atoms with van der Waals surface area (Å²) in [6, 6.07) is 0. The summed E-state index contributed by atoms with van der Waals surface area (Å²) in [5.41, 5.74) is 0. The zero-order valence-electron chi connectivity index (χ0n) is 4.11. The zero-order chi connectivity index (χ0) is 5.82. The van der Waals surface area contributed by atoms with E-state index in [2.05, 4.69) is 9.47 Å². The normalized spacial score (nSPS) is 19.1. The third kappa shape index (κ3) is 1.27. The zero-order valence-corrected chi connectivity index (χ0v) is 4.11. The summed E-state index contributed by atoms with van der Waals surface area (Å²) in [5, 5.41) is 10.2. The summed E-state index contributed by atoms with van der Waals surface area (Å²) >= 11 is 0. The van der Waals surface area contributed by atoms with Crippen molar-refractivity contribution in [2.24, 2.45) is 0 Å². The Balaban J connectivity index is 2.45. The molecule has 0 amide bonds. The Bertz CT molecular complexity index is 103. The van der Waals surface area contributed by atoms with Gasteiger partial charge < -0.3 is 9.47 Å². The lowest BCUT2D eigenvalue weighted by Gasteiger charge is -2.02. The summed E-state index contributed by atoms with van der Waals surface area (Å²) < 4.78 is 8.76. The van der Waals surface area contributed by atoms with Gasteiger partial charge in [0.05, 0.1) is 12.5 Å². The third-order valence-corrected chi connectivity index (χ3v) is 0.648. The Morgan fingerprint density at radius 1 is 1.12 bits per heavy atom. The van der Waals surface area contributed by atoms with Crippen molar-refractivity contribution in [1.29, 1.82) is 0 Å². The molecule has 0 fully saturated rings. The smallest absolute Gasteiger partial charge is 0.387 e. The highest BCUT2D eigenvalue weighted by Crippen LogP contribution is 1.97. The number of ether oxygens (including phenoxy) is 2. The fraction of sp³-hybridized carbons (Fsp3) is 0.200. The van der Waals surface area contributed by atoms with Gasteiger partial charge in [-0.05, 0) is 12.2 Å². The Morgan fingerprint density at radius 3 is 2.12 bits per heavy atom. The molecular weight excluding hydrogens is 108 g/mol. The lowest BCUT2D eigenvalue weighted by Crippen LogP contribution is -2.05. The molecule has 0 saturated carbocycles. The quantitative estimate of drug-likeness (QED) is 0.465. The SMILES string of the molecule is [O]C1OC=CC=CO1. The summed E-state index contributed by atoms with van der Waals surface area (Å²) in [6.07, 6.45) is 5.75. The number of hydrogen-bond donors (Lipinski definition) is 0. The second-order valence-electron chi connectivity index (χ2n) is 1.22. The van der Waals surface area contributed by atoms with Gasteiger partial charge in [0.15, 0.2) is 0 Å². The van der Waals surface area contributed by atoms with Gasteiger partial charge in [-0.25, -0.2) is 0 Å². The predicted octanol–water partition coefficient (Wildman–Crippen LogP) is 0.775. The minimum atomic E-state index is -1.40. The molecular formula is C5H5O3. The molecule has 3 heteroatoms. The first kappa shape index (κ1) is 5.18. The first-order chi connectivity index (χ1) is 3.89. The molecule has 0 aromatic heterocycles. The van der Waals surface area contributed by atoms with Crippen LogP contribution in [0.4, 0.5) is 0 Å². The minimum absolute atomic E-state index is 1.29. The first-order valence-electron chi connectivity index (χ1n) is 2.18. The van der Waals surface area contributed by atoms with Gasteiger partial charge in [0.2, 0.25) is 0 Å². The molecule has 1 rings (SSSR count). The molecule has 0 bridgehead atoms. The lowest BCUT2D eigenvalue weighted by atomic mass is 10.6. The van der Waals surface area contributed by atoms with Gasteiger partial charge in [0.1, 0.15) is 0 Å². The van der Waals surface area contributed by atoms with Crippen LogP contribution in [-0.2, 0) is 14.6 Å². The summed E-state index contributed by atoms with van der Waals surface area (Å²) in [4.78, 5) is 0. The van der Waals surface area contributed by atoms with E-state index in [0.717, 1.165) is 0 Å². The van der Waals surface area contributed by atoms with Crippen molar-refractivity contribution in [3.8, 4) is 0 Å². The van der Waals surface area contributed by atoms with Crippen LogP contribution in [0.3, 0.4) is 0 Å². The van der Waals surface area contributed by atoms with Crippen LogP contribution >= 0.6 is 0 Å². The highest BCUT2D eigenvalue weighted by molar-refractivity contribution is 4.97. The number of rotatable bonds is 0. The van der Waals surface area contributed by atoms with Crippen LogP contribution in [0.25, 0.3) is 0 Å². The largest absolute Gasteiger partial charge is 0.439 e. The molecule has 0 unspecified atom stereocenters. The summed E-state index contributed by atoms with van der Waals surface area (Å²) in [7, 11) is 0. The predicted molar refractivity (Wildman–Crippen MR) is 24.9 cm³/mol. The Morgan fingerprint density at radius 2 is 1.62 bits per heavy atom. The molecule has 8 heavy (non-hydrogen) atoms. The second-order valence-corrected chi connectivity index (χ2v) is 1.22. The highest BCUT2D eigenvalue weighted by Gasteiger charge is 2.01. The fourth-order valence-electron chi connectivity index (χ4n) is 0.342. The Hall–Kier alpha value is -0.960. The maximum atomic E-state index is 10.2. The highest BCUT2D eigenvalue weighted by atomic mass is 16.8. The molecule has 0 aromatic rings. The van der Waals surface area contributed by atoms with Crippen molar-refractivity contribution in [1.82, 2.24) is 0 Å². The number of hydrogen-bond acceptors (Lipinski definition) is 2. The third-order valence-electron chi connectivity index (χ3n) is 0.648. The van der Waals surface area contributed by atoms with Gasteiger partial charge in [0.25, 0.3) is 0 Å². The Labute approximate surface area is 46.8 Å². The summed E-state index contributed by atoms with van der Waals surface area (Å²) in [6.45, 7) is -1.40. The van der Waals surface area contributed by atoms with Crippen molar-refractivity contribution in [2.45, 2.75) is 6.48 Å². The van der Waals surface area contributed by atoms with Crippen molar-refractivity contribution in [3.63, 3.8) is 0 Å². The molecule has 1 aliphatic rings. The van der Waals surface area contributed by atoms with E-state index >= 15 is 0 Å². The van der Waals surface area contributed by atoms with E-state index in [0.29, 0.717) is 0 Å². The van der Waals surface area contributed by atoms with Crippen LogP contribution in [-0.4, -0.2) is 6.48 Å². The molecule has 0 aliphatic carbocycles. The second kappa shape index (κ2) is 2.37. The van der Waals surface area contributed by atoms with Gasteiger partial charge in [-0.15, -0.1) is 5.11 Å². The van der Waals surface area contributed by atoms with Gasteiger partial charge in [-0.2, -0.15) is 0 Å². The van der Waals surface area contributed by atoms with Crippen LogP contribution in [0.1, 0.15) is 0 Å². The molecule has 1 heterocycles. The molecule has 1 radical (unpaired) electrons. The number of allylic oxidation sites excluding steroid dienone is 2. The van der Waals surface area contributed by atoms with Crippen LogP contribution in [0, 0.1) is 0 Å². The molecule has 0 N–H and O–H groups in total. The van der Waals surface area contributed by atoms with Crippen LogP contribution < -0.4 is 0 Å². The average Bonchev–Trinajstić information content (AvgIpc) is 1.94. The van der Waals surface area contributed by atoms with Gasteiger partial charge in [-0.1, -0.05) is 0 Å². The van der Waals surface area contributed by atoms with E-state index in [9.17, 15) is 5.11 Å². The van der Waals surface area contributed by atoms with E-state index in [4.69, 9.17) is 0 Å². The standard InChI is InChI=1S/C5H5O3/c6-5-7-3-1-2-4-8-5/h1-5H. The first-order valence-corrected chi connectivity index (χ1v) is 2.18. The molecule has 3 nitrogen and oxygen atoms in total. The van der Waals surface area contributed by atoms with Crippen LogP contribution in [0.5, 0.6) is 0 Å². The molecule has 0 saturated heterocycles. The van der Waals surface area contributed by atoms with Crippen molar-refractivity contribution in [2.75, 3.05) is 0 Å². The van der Waals surface area contributed by atoms with Crippen molar-refractivity contribution in [3.05, 3.63) is 24.7 Å². The molecule has 0 aromatic carbocycles. The van der Waals surface area contributed by atoms with Gasteiger partial charge in [0, 0.05) is 0 Å². The Kier molecular flexibility index (Phi) is 1.54. The van der Waals surface area contributed by atoms with E-state index in [1.807, 2.05) is 0 Å². The monoisotopic (exact) mass is 113 g/mol.